The van der Waals surface area contributed by atoms with Crippen LogP contribution in [0.5, 0.6) is 0 Å². The lowest BCUT2D eigenvalue weighted by Crippen LogP contribution is -2.35. The van der Waals surface area contributed by atoms with E-state index >= 15 is 0 Å². The van der Waals surface area contributed by atoms with Crippen molar-refractivity contribution in [1.29, 1.82) is 0 Å². The molecule has 0 aliphatic heterocycles. The molecule has 0 spiro atoms. The summed E-state index contributed by atoms with van der Waals surface area (Å²) in [6.45, 7) is 1.25. The molecule has 0 aromatic rings. The van der Waals surface area contributed by atoms with Gasteiger partial charge < -0.3 is 9.84 Å². The van der Waals surface area contributed by atoms with E-state index in [9.17, 15) is 9.59 Å². The van der Waals surface area contributed by atoms with Crippen LogP contribution in [-0.4, -0.2) is 23.1 Å². The average Bonchev–Trinajstić information content (AvgIpc) is 2.15. The van der Waals surface area contributed by atoms with Crippen LogP contribution < -0.4 is 0 Å². The van der Waals surface area contributed by atoms with E-state index in [0.29, 0.717) is 0 Å². The van der Waals surface area contributed by atoms with Crippen molar-refractivity contribution >= 4 is 11.9 Å². The molecule has 0 heterocycles. The minimum absolute atomic E-state index is 0.00477. The van der Waals surface area contributed by atoms with Crippen molar-refractivity contribution < 1.29 is 19.4 Å². The van der Waals surface area contributed by atoms with Gasteiger partial charge in [-0.2, -0.15) is 0 Å². The third-order valence-electron chi connectivity index (χ3n) is 2.61. The Morgan fingerprint density at radius 1 is 1.29 bits per heavy atom. The van der Waals surface area contributed by atoms with Crippen LogP contribution in [0.1, 0.15) is 39.0 Å². The van der Waals surface area contributed by atoms with Crippen LogP contribution >= 0.6 is 0 Å². The molecule has 0 bridgehead atoms. The maximum Gasteiger partial charge on any atom is 0.345 e. The predicted molar refractivity (Wildman–Crippen MR) is 49.8 cm³/mol. The standard InChI is InChI=1S/C10H16O4/c1-7(11)14-9(10(12)13)8-5-3-2-4-6-8/h8-9H,2-6H2,1H3,(H,12,13). The molecule has 1 fully saturated rings. The minimum atomic E-state index is -1.02. The molecule has 14 heavy (non-hydrogen) atoms. The Morgan fingerprint density at radius 2 is 1.86 bits per heavy atom. The first-order valence-electron chi connectivity index (χ1n) is 5.01. The molecule has 0 amide bonds. The SMILES string of the molecule is CC(=O)OC(C(=O)O)C1CCCCC1. The molecule has 4 nitrogen and oxygen atoms in total. The Labute approximate surface area is 83.2 Å². The number of aliphatic carboxylic acids is 1. The Kier molecular flexibility index (Phi) is 3.92. The summed E-state index contributed by atoms with van der Waals surface area (Å²) >= 11 is 0. The largest absolute Gasteiger partial charge is 0.478 e. The van der Waals surface area contributed by atoms with E-state index in [0.717, 1.165) is 32.1 Å². The van der Waals surface area contributed by atoms with Gasteiger partial charge in [0.05, 0.1) is 0 Å². The Bertz CT molecular complexity index is 218. The van der Waals surface area contributed by atoms with Crippen molar-refractivity contribution in [1.82, 2.24) is 0 Å². The smallest absolute Gasteiger partial charge is 0.345 e. The lowest BCUT2D eigenvalue weighted by molar-refractivity contribution is -0.167. The van der Waals surface area contributed by atoms with Crippen LogP contribution in [0.4, 0.5) is 0 Å². The van der Waals surface area contributed by atoms with Crippen LogP contribution in [0.25, 0.3) is 0 Å². The fraction of sp³-hybridized carbons (Fsp3) is 0.800. The topological polar surface area (TPSA) is 63.6 Å². The summed E-state index contributed by atoms with van der Waals surface area (Å²) in [6, 6.07) is 0. The molecular weight excluding hydrogens is 184 g/mol. The van der Waals surface area contributed by atoms with Crippen LogP contribution in [0, 0.1) is 5.92 Å². The van der Waals surface area contributed by atoms with Gasteiger partial charge in [0.1, 0.15) is 0 Å². The van der Waals surface area contributed by atoms with Crippen molar-refractivity contribution in [3.05, 3.63) is 0 Å². The van der Waals surface area contributed by atoms with Gasteiger partial charge in [0.15, 0.2) is 0 Å². The zero-order valence-corrected chi connectivity index (χ0v) is 8.36. The molecule has 0 aromatic heterocycles. The van der Waals surface area contributed by atoms with E-state index in [-0.39, 0.29) is 5.92 Å². The lowest BCUT2D eigenvalue weighted by Gasteiger charge is -2.26. The van der Waals surface area contributed by atoms with Crippen LogP contribution in [0.15, 0.2) is 0 Å². The Balaban J connectivity index is 2.56. The first-order chi connectivity index (χ1) is 6.61. The molecule has 1 atom stereocenters. The average molecular weight is 200 g/mol. The Hall–Kier alpha value is -1.06. The summed E-state index contributed by atoms with van der Waals surface area (Å²) in [4.78, 5) is 21.6. The number of carbonyl (C=O) groups is 2. The number of hydrogen-bond donors (Lipinski definition) is 1. The number of carboxylic acid groups (broad SMARTS) is 1. The number of rotatable bonds is 3. The zero-order chi connectivity index (χ0) is 10.6. The summed E-state index contributed by atoms with van der Waals surface area (Å²) < 4.78 is 4.81. The van der Waals surface area contributed by atoms with Gasteiger partial charge in [-0.1, -0.05) is 19.3 Å². The fourth-order valence-electron chi connectivity index (χ4n) is 1.96. The summed E-state index contributed by atoms with van der Waals surface area (Å²) in [5.41, 5.74) is 0. The number of carboxylic acids is 1. The van der Waals surface area contributed by atoms with Crippen LogP contribution in [0.3, 0.4) is 0 Å². The summed E-state index contributed by atoms with van der Waals surface area (Å²) in [7, 11) is 0. The Morgan fingerprint density at radius 3 is 2.29 bits per heavy atom. The van der Waals surface area contributed by atoms with Gasteiger partial charge in [-0.3, -0.25) is 4.79 Å². The fourth-order valence-corrected chi connectivity index (χ4v) is 1.96. The number of ether oxygens (including phenoxy) is 1. The van der Waals surface area contributed by atoms with Crippen molar-refractivity contribution in [2.24, 2.45) is 5.92 Å². The summed E-state index contributed by atoms with van der Waals surface area (Å²) in [5, 5.41) is 8.90. The third-order valence-corrected chi connectivity index (χ3v) is 2.61. The second-order valence-corrected chi connectivity index (χ2v) is 3.77. The van der Waals surface area contributed by atoms with Gasteiger partial charge in [0.2, 0.25) is 6.10 Å². The van der Waals surface area contributed by atoms with Crippen LogP contribution in [0.2, 0.25) is 0 Å². The molecular formula is C10H16O4. The maximum absolute atomic E-state index is 10.9. The van der Waals surface area contributed by atoms with Crippen molar-refractivity contribution in [3.63, 3.8) is 0 Å². The highest BCUT2D eigenvalue weighted by molar-refractivity contribution is 5.77. The minimum Gasteiger partial charge on any atom is -0.478 e. The van der Waals surface area contributed by atoms with E-state index in [2.05, 4.69) is 0 Å². The highest BCUT2D eigenvalue weighted by atomic mass is 16.6. The maximum atomic E-state index is 10.9. The molecule has 0 aromatic carbocycles. The predicted octanol–water partition coefficient (Wildman–Crippen LogP) is 1.58. The summed E-state index contributed by atoms with van der Waals surface area (Å²) in [5.74, 6) is -1.53. The van der Waals surface area contributed by atoms with Gasteiger partial charge >= 0.3 is 11.9 Å². The van der Waals surface area contributed by atoms with Gasteiger partial charge in [-0.05, 0) is 12.8 Å². The van der Waals surface area contributed by atoms with Gasteiger partial charge in [-0.15, -0.1) is 0 Å². The van der Waals surface area contributed by atoms with Gasteiger partial charge in [0.25, 0.3) is 0 Å². The third kappa shape index (κ3) is 3.01. The molecule has 0 radical (unpaired) electrons. The first kappa shape index (κ1) is 11.0. The summed E-state index contributed by atoms with van der Waals surface area (Å²) in [6.07, 6.45) is 4.00. The van der Waals surface area contributed by atoms with E-state index in [1.807, 2.05) is 0 Å². The second kappa shape index (κ2) is 4.98. The van der Waals surface area contributed by atoms with E-state index in [1.54, 1.807) is 0 Å². The van der Waals surface area contributed by atoms with E-state index in [4.69, 9.17) is 9.84 Å². The molecule has 1 rings (SSSR count). The molecule has 1 N–H and O–H groups in total. The molecule has 1 saturated carbocycles. The molecule has 1 aliphatic rings. The van der Waals surface area contributed by atoms with Gasteiger partial charge in [-0.25, -0.2) is 4.79 Å². The first-order valence-corrected chi connectivity index (χ1v) is 5.01. The van der Waals surface area contributed by atoms with Crippen molar-refractivity contribution in [2.45, 2.75) is 45.1 Å². The van der Waals surface area contributed by atoms with Crippen molar-refractivity contribution in [2.75, 3.05) is 0 Å². The lowest BCUT2D eigenvalue weighted by atomic mass is 9.85. The number of hydrogen-bond acceptors (Lipinski definition) is 3. The van der Waals surface area contributed by atoms with E-state index in [1.165, 1.54) is 6.92 Å². The van der Waals surface area contributed by atoms with Crippen molar-refractivity contribution in [3.8, 4) is 0 Å². The number of esters is 1. The quantitative estimate of drug-likeness (QED) is 0.702. The molecule has 1 unspecified atom stereocenters. The van der Waals surface area contributed by atoms with Gasteiger partial charge in [0, 0.05) is 12.8 Å². The molecule has 80 valence electrons. The molecule has 1 aliphatic carbocycles. The monoisotopic (exact) mass is 200 g/mol. The number of carbonyl (C=O) groups excluding carboxylic acids is 1. The van der Waals surface area contributed by atoms with E-state index < -0.39 is 18.0 Å². The normalized spacial score (nSPS) is 20.1. The highest BCUT2D eigenvalue weighted by Gasteiger charge is 2.31. The van der Waals surface area contributed by atoms with Crippen LogP contribution in [-0.2, 0) is 14.3 Å². The molecule has 4 heteroatoms. The molecule has 0 saturated heterocycles. The zero-order valence-electron chi connectivity index (χ0n) is 8.36. The second-order valence-electron chi connectivity index (χ2n) is 3.77. The highest BCUT2D eigenvalue weighted by Crippen LogP contribution is 2.28.